The molecule has 190 valence electrons. The second-order valence-corrected chi connectivity index (χ2v) is 10.8. The molecular formula is C28H32ClFN4O2. The molecule has 0 spiro atoms. The van der Waals surface area contributed by atoms with Gasteiger partial charge in [-0.1, -0.05) is 29.8 Å². The largest absolute Gasteiger partial charge is 0.496 e. The summed E-state index contributed by atoms with van der Waals surface area (Å²) in [4.78, 5) is 13.9. The molecule has 3 fully saturated rings. The number of β-amino-alcohol motifs (C(OH)–C–C–N with tert-alkyl or cyclic N) is 1. The van der Waals surface area contributed by atoms with Crippen molar-refractivity contribution in [2.75, 3.05) is 43.1 Å². The number of aliphatic hydroxyl groups excluding tert-OH is 1. The molecular weight excluding hydrogens is 479 g/mol. The Balaban J connectivity index is 1.37. The predicted molar refractivity (Wildman–Crippen MR) is 141 cm³/mol. The highest BCUT2D eigenvalue weighted by atomic mass is 35.5. The summed E-state index contributed by atoms with van der Waals surface area (Å²) in [6.07, 6.45) is 4.06. The van der Waals surface area contributed by atoms with Crippen molar-refractivity contribution < 1.29 is 14.2 Å². The molecule has 3 heterocycles. The van der Waals surface area contributed by atoms with Gasteiger partial charge in [-0.2, -0.15) is 0 Å². The van der Waals surface area contributed by atoms with Crippen molar-refractivity contribution >= 4 is 34.0 Å². The molecule has 6 nitrogen and oxygen atoms in total. The molecule has 0 unspecified atom stereocenters. The summed E-state index contributed by atoms with van der Waals surface area (Å²) < 4.78 is 21.2. The highest BCUT2D eigenvalue weighted by Crippen LogP contribution is 2.46. The number of nitrogens with zero attached hydrogens (tertiary/aromatic N) is 4. The van der Waals surface area contributed by atoms with E-state index in [1.54, 1.807) is 7.11 Å². The number of benzene rings is 2. The third-order valence-corrected chi connectivity index (χ3v) is 8.46. The second-order valence-electron chi connectivity index (χ2n) is 10.4. The van der Waals surface area contributed by atoms with Crippen LogP contribution in [-0.4, -0.2) is 54.5 Å². The van der Waals surface area contributed by atoms with E-state index in [1.165, 1.54) is 5.56 Å². The molecule has 1 aromatic heterocycles. The molecule has 36 heavy (non-hydrogen) atoms. The van der Waals surface area contributed by atoms with Crippen molar-refractivity contribution in [3.05, 3.63) is 52.8 Å². The number of piperidine rings is 1. The van der Waals surface area contributed by atoms with Crippen molar-refractivity contribution in [3.63, 3.8) is 0 Å². The van der Waals surface area contributed by atoms with Gasteiger partial charge in [-0.05, 0) is 68.2 Å². The third kappa shape index (κ3) is 4.16. The zero-order valence-electron chi connectivity index (χ0n) is 20.6. The Labute approximate surface area is 216 Å². The van der Waals surface area contributed by atoms with Crippen LogP contribution in [0.25, 0.3) is 10.9 Å². The van der Waals surface area contributed by atoms with Gasteiger partial charge in [0.1, 0.15) is 11.6 Å². The predicted octanol–water partition coefficient (Wildman–Crippen LogP) is 5.60. The maximum absolute atomic E-state index is 15.5. The quantitative estimate of drug-likeness (QED) is 0.482. The van der Waals surface area contributed by atoms with Crippen molar-refractivity contribution in [2.45, 2.75) is 56.2 Å². The Kier molecular flexibility index (Phi) is 6.16. The lowest BCUT2D eigenvalue weighted by atomic mass is 9.81. The summed E-state index contributed by atoms with van der Waals surface area (Å²) in [6, 6.07) is 12.2. The number of ether oxygens (including phenoxy) is 1. The Morgan fingerprint density at radius 2 is 1.81 bits per heavy atom. The van der Waals surface area contributed by atoms with Crippen molar-refractivity contribution in [1.82, 2.24) is 9.97 Å². The van der Waals surface area contributed by atoms with E-state index in [1.807, 2.05) is 18.2 Å². The fourth-order valence-electron chi connectivity index (χ4n) is 5.88. The highest BCUT2D eigenvalue weighted by Gasteiger charge is 2.43. The summed E-state index contributed by atoms with van der Waals surface area (Å²) in [6.45, 7) is 2.96. The van der Waals surface area contributed by atoms with E-state index in [4.69, 9.17) is 21.3 Å². The van der Waals surface area contributed by atoms with Crippen LogP contribution in [0.4, 0.5) is 15.9 Å². The lowest BCUT2D eigenvalue weighted by Gasteiger charge is -2.36. The van der Waals surface area contributed by atoms with Crippen LogP contribution < -0.4 is 14.5 Å². The topological polar surface area (TPSA) is 61.7 Å². The van der Waals surface area contributed by atoms with E-state index in [9.17, 15) is 5.11 Å². The SMILES string of the molecule is COc1ccccc1C1CCN(c2nc(C3(F)CCC3)nc3c(Cl)cc(N4CC[C@H](O)C4)cc23)CC1. The van der Waals surface area contributed by atoms with Crippen molar-refractivity contribution in [3.8, 4) is 5.75 Å². The molecule has 1 aliphatic carbocycles. The number of hydrogen-bond donors (Lipinski definition) is 1. The maximum atomic E-state index is 15.5. The lowest BCUT2D eigenvalue weighted by Crippen LogP contribution is -2.36. The molecule has 2 saturated heterocycles. The molecule has 0 amide bonds. The Morgan fingerprint density at radius 1 is 1.06 bits per heavy atom. The molecule has 2 aromatic carbocycles. The van der Waals surface area contributed by atoms with Gasteiger partial charge < -0.3 is 19.6 Å². The Morgan fingerprint density at radius 3 is 2.47 bits per heavy atom. The fraction of sp³-hybridized carbons (Fsp3) is 0.500. The lowest BCUT2D eigenvalue weighted by molar-refractivity contribution is 0.0512. The minimum Gasteiger partial charge on any atom is -0.496 e. The number of rotatable bonds is 5. The zero-order valence-corrected chi connectivity index (χ0v) is 21.3. The summed E-state index contributed by atoms with van der Waals surface area (Å²) >= 11 is 6.77. The molecule has 1 N–H and O–H groups in total. The second kappa shape index (κ2) is 9.34. The molecule has 2 aliphatic heterocycles. The molecule has 0 bridgehead atoms. The average Bonchev–Trinajstić information content (AvgIpc) is 3.33. The number of alkyl halides is 1. The minimum absolute atomic E-state index is 0.259. The van der Waals surface area contributed by atoms with E-state index in [0.29, 0.717) is 35.8 Å². The van der Waals surface area contributed by atoms with Crippen LogP contribution in [0.15, 0.2) is 36.4 Å². The van der Waals surface area contributed by atoms with Gasteiger partial charge in [0.2, 0.25) is 0 Å². The number of fused-ring (bicyclic) bond motifs is 1. The van der Waals surface area contributed by atoms with Gasteiger partial charge >= 0.3 is 0 Å². The number of anilines is 2. The van der Waals surface area contributed by atoms with E-state index in [-0.39, 0.29) is 11.9 Å². The first-order valence-electron chi connectivity index (χ1n) is 13.0. The number of para-hydroxylation sites is 1. The van der Waals surface area contributed by atoms with E-state index < -0.39 is 5.67 Å². The molecule has 1 saturated carbocycles. The molecule has 1 atom stereocenters. The molecule has 6 rings (SSSR count). The highest BCUT2D eigenvalue weighted by molar-refractivity contribution is 6.35. The fourth-order valence-corrected chi connectivity index (χ4v) is 6.13. The zero-order chi connectivity index (χ0) is 24.9. The molecule has 3 aromatic rings. The first-order valence-corrected chi connectivity index (χ1v) is 13.3. The normalized spacial score (nSPS) is 22.2. The van der Waals surface area contributed by atoms with Crippen molar-refractivity contribution in [1.29, 1.82) is 0 Å². The Hall–Kier alpha value is -2.64. The summed E-state index contributed by atoms with van der Waals surface area (Å²) in [5.41, 5.74) is 1.32. The van der Waals surface area contributed by atoms with Crippen LogP contribution in [0.3, 0.4) is 0 Å². The van der Waals surface area contributed by atoms with Crippen LogP contribution in [0.2, 0.25) is 5.02 Å². The number of aromatic nitrogens is 2. The molecule has 0 radical (unpaired) electrons. The number of aliphatic hydroxyl groups is 1. The number of methoxy groups -OCH3 is 1. The van der Waals surface area contributed by atoms with Crippen LogP contribution in [0, 0.1) is 0 Å². The van der Waals surface area contributed by atoms with Gasteiger partial charge in [0.05, 0.1) is 23.8 Å². The van der Waals surface area contributed by atoms with E-state index >= 15 is 4.39 Å². The molecule has 3 aliphatic rings. The van der Waals surface area contributed by atoms with Crippen LogP contribution in [-0.2, 0) is 5.67 Å². The van der Waals surface area contributed by atoms with Gasteiger partial charge in [0.25, 0.3) is 0 Å². The smallest absolute Gasteiger partial charge is 0.170 e. The summed E-state index contributed by atoms with van der Waals surface area (Å²) in [5, 5.41) is 11.4. The van der Waals surface area contributed by atoms with Gasteiger partial charge in [-0.3, -0.25) is 0 Å². The average molecular weight is 511 g/mol. The summed E-state index contributed by atoms with van der Waals surface area (Å²) in [7, 11) is 1.72. The van der Waals surface area contributed by atoms with Crippen LogP contribution in [0.1, 0.15) is 55.8 Å². The van der Waals surface area contributed by atoms with E-state index in [0.717, 1.165) is 68.0 Å². The standard InChI is InChI=1S/C28H32ClFN4O2/c1-36-24-6-3-2-5-21(24)18-7-12-33(13-8-18)26-22-15-19(34-14-9-20(35)17-34)16-23(29)25(22)31-27(32-26)28(30)10-4-11-28/h2-3,5-6,15-16,18,20,35H,4,7-14,17H2,1H3/t20-/m0/s1. The number of halogens is 2. The van der Waals surface area contributed by atoms with Gasteiger partial charge in [-0.25, -0.2) is 14.4 Å². The van der Waals surface area contributed by atoms with Gasteiger partial charge in [0, 0.05) is 37.3 Å². The summed E-state index contributed by atoms with van der Waals surface area (Å²) in [5.74, 6) is 2.35. The third-order valence-electron chi connectivity index (χ3n) is 8.17. The van der Waals surface area contributed by atoms with Gasteiger partial charge in [0.15, 0.2) is 11.5 Å². The van der Waals surface area contributed by atoms with Gasteiger partial charge in [-0.15, -0.1) is 0 Å². The first-order chi connectivity index (χ1) is 17.4. The number of hydrogen-bond acceptors (Lipinski definition) is 6. The van der Waals surface area contributed by atoms with E-state index in [2.05, 4.69) is 33.0 Å². The Bertz CT molecular complexity index is 1280. The minimum atomic E-state index is -1.47. The molecule has 8 heteroatoms. The maximum Gasteiger partial charge on any atom is 0.170 e. The van der Waals surface area contributed by atoms with Crippen molar-refractivity contribution in [2.24, 2.45) is 0 Å². The van der Waals surface area contributed by atoms with Crippen LogP contribution in [0.5, 0.6) is 5.75 Å². The first kappa shape index (κ1) is 23.7. The monoisotopic (exact) mass is 510 g/mol. The van der Waals surface area contributed by atoms with Crippen LogP contribution >= 0.6 is 11.6 Å².